The van der Waals surface area contributed by atoms with Gasteiger partial charge in [-0.05, 0) is 51.8 Å². The lowest BCUT2D eigenvalue weighted by molar-refractivity contribution is -0.125. The lowest BCUT2D eigenvalue weighted by Crippen LogP contribution is -2.37. The van der Waals surface area contributed by atoms with Crippen molar-refractivity contribution in [2.45, 2.75) is 13.8 Å². The molecule has 0 saturated heterocycles. The van der Waals surface area contributed by atoms with Gasteiger partial charge in [0.1, 0.15) is 5.82 Å². The molecule has 4 nitrogen and oxygen atoms in total. The number of nitrogens with one attached hydrogen (secondary N) is 1. The number of carbonyl (C=O) groups is 1. The highest BCUT2D eigenvalue weighted by atomic mass is 79.9. The van der Waals surface area contributed by atoms with Crippen LogP contribution in [0.1, 0.15) is 13.8 Å². The van der Waals surface area contributed by atoms with Gasteiger partial charge in [0.05, 0.1) is 9.89 Å². The topological polar surface area (TPSA) is 68.0 Å². The zero-order chi connectivity index (χ0) is 12.3. The number of primary amides is 1. The summed E-state index contributed by atoms with van der Waals surface area (Å²) in [5, 5.41) is 3.08. The highest BCUT2D eigenvalue weighted by Gasteiger charge is 2.24. The van der Waals surface area contributed by atoms with E-state index in [1.165, 1.54) is 0 Å². The maximum absolute atomic E-state index is 11.1. The Hall–Kier alpha value is -0.620. The van der Waals surface area contributed by atoms with Crippen molar-refractivity contribution in [3.05, 3.63) is 21.2 Å². The van der Waals surface area contributed by atoms with Crippen LogP contribution in [0.2, 0.25) is 0 Å². The molecule has 0 aromatic carbocycles. The third kappa shape index (κ3) is 3.45. The first kappa shape index (κ1) is 13.4. The fraction of sp³-hybridized carbons (Fsp3) is 0.400. The molecule has 1 aromatic heterocycles. The average Bonchev–Trinajstić information content (AvgIpc) is 2.16. The van der Waals surface area contributed by atoms with Crippen molar-refractivity contribution in [1.82, 2.24) is 4.98 Å². The van der Waals surface area contributed by atoms with E-state index in [9.17, 15) is 4.79 Å². The quantitative estimate of drug-likeness (QED) is 0.876. The third-order valence-corrected chi connectivity index (χ3v) is 3.21. The van der Waals surface area contributed by atoms with E-state index in [0.29, 0.717) is 12.4 Å². The number of amides is 1. The zero-order valence-corrected chi connectivity index (χ0v) is 12.2. The van der Waals surface area contributed by atoms with Crippen LogP contribution >= 0.6 is 31.9 Å². The van der Waals surface area contributed by atoms with Gasteiger partial charge in [0.2, 0.25) is 5.91 Å². The predicted octanol–water partition coefficient (Wildman–Crippen LogP) is 2.53. The number of pyridine rings is 1. The number of anilines is 1. The maximum Gasteiger partial charge on any atom is 0.224 e. The molecule has 1 amide bonds. The largest absolute Gasteiger partial charge is 0.369 e. The first-order valence-corrected chi connectivity index (χ1v) is 6.26. The molecular formula is C10H13Br2N3O. The zero-order valence-electron chi connectivity index (χ0n) is 9.05. The van der Waals surface area contributed by atoms with Crippen molar-refractivity contribution in [3.63, 3.8) is 0 Å². The van der Waals surface area contributed by atoms with E-state index in [1.807, 2.05) is 6.07 Å². The molecule has 3 N–H and O–H groups in total. The Morgan fingerprint density at radius 3 is 2.69 bits per heavy atom. The van der Waals surface area contributed by atoms with Gasteiger partial charge in [-0.1, -0.05) is 0 Å². The first-order chi connectivity index (χ1) is 7.33. The number of hydrogen-bond acceptors (Lipinski definition) is 3. The highest BCUT2D eigenvalue weighted by Crippen LogP contribution is 2.24. The molecule has 0 aliphatic rings. The van der Waals surface area contributed by atoms with Crippen LogP contribution in [0.4, 0.5) is 5.82 Å². The first-order valence-electron chi connectivity index (χ1n) is 4.68. The summed E-state index contributed by atoms with van der Waals surface area (Å²) in [5.74, 6) is 0.353. The van der Waals surface area contributed by atoms with E-state index >= 15 is 0 Å². The number of aromatic nitrogens is 1. The van der Waals surface area contributed by atoms with Gasteiger partial charge in [-0.3, -0.25) is 4.79 Å². The Labute approximate surface area is 111 Å². The third-order valence-electron chi connectivity index (χ3n) is 2.17. The number of halogens is 2. The molecule has 0 atom stereocenters. The van der Waals surface area contributed by atoms with Crippen LogP contribution in [-0.4, -0.2) is 17.4 Å². The molecule has 0 aliphatic carbocycles. The second kappa shape index (κ2) is 5.14. The lowest BCUT2D eigenvalue weighted by atomic mass is 9.93. The molecule has 0 bridgehead atoms. The molecule has 0 aliphatic heterocycles. The molecule has 1 rings (SSSR count). The Kier molecular flexibility index (Phi) is 4.32. The minimum atomic E-state index is -0.603. The van der Waals surface area contributed by atoms with Gasteiger partial charge in [0, 0.05) is 17.2 Å². The van der Waals surface area contributed by atoms with Crippen LogP contribution in [0.15, 0.2) is 21.2 Å². The van der Waals surface area contributed by atoms with Crippen molar-refractivity contribution < 1.29 is 4.79 Å². The smallest absolute Gasteiger partial charge is 0.224 e. The van der Waals surface area contributed by atoms with Crippen molar-refractivity contribution in [2.75, 3.05) is 11.9 Å². The molecule has 0 spiro atoms. The fourth-order valence-corrected chi connectivity index (χ4v) is 2.06. The molecular weight excluding hydrogens is 338 g/mol. The van der Waals surface area contributed by atoms with Crippen LogP contribution < -0.4 is 11.1 Å². The molecule has 1 heterocycles. The second-order valence-corrected chi connectivity index (χ2v) is 5.86. The highest BCUT2D eigenvalue weighted by molar-refractivity contribution is 9.11. The summed E-state index contributed by atoms with van der Waals surface area (Å²) in [5.41, 5.74) is 4.68. The number of rotatable bonds is 4. The van der Waals surface area contributed by atoms with E-state index in [4.69, 9.17) is 5.73 Å². The summed E-state index contributed by atoms with van der Waals surface area (Å²) in [4.78, 5) is 15.3. The van der Waals surface area contributed by atoms with Gasteiger partial charge in [0.15, 0.2) is 0 Å². The average molecular weight is 351 g/mol. The monoisotopic (exact) mass is 349 g/mol. The van der Waals surface area contributed by atoms with Crippen LogP contribution in [0.25, 0.3) is 0 Å². The number of hydrogen-bond donors (Lipinski definition) is 2. The standard InChI is InChI=1S/C10H13Br2N3O/c1-10(2,9(13)16)5-15-8-7(12)3-6(11)4-14-8/h3-4H,5H2,1-2H3,(H2,13,16)(H,14,15). The summed E-state index contributed by atoms with van der Waals surface area (Å²) in [6.07, 6.45) is 1.68. The van der Waals surface area contributed by atoms with E-state index in [2.05, 4.69) is 42.2 Å². The molecule has 88 valence electrons. The maximum atomic E-state index is 11.1. The van der Waals surface area contributed by atoms with Gasteiger partial charge >= 0.3 is 0 Å². The predicted molar refractivity (Wildman–Crippen MR) is 71.1 cm³/mol. The van der Waals surface area contributed by atoms with Crippen molar-refractivity contribution in [3.8, 4) is 0 Å². The summed E-state index contributed by atoms with van der Waals surface area (Å²) < 4.78 is 1.72. The number of nitrogens with zero attached hydrogens (tertiary/aromatic N) is 1. The minimum absolute atomic E-state index is 0.340. The molecule has 0 fully saturated rings. The summed E-state index contributed by atoms with van der Waals surface area (Å²) >= 11 is 6.70. The van der Waals surface area contributed by atoms with Crippen LogP contribution in [-0.2, 0) is 4.79 Å². The molecule has 1 aromatic rings. The molecule has 0 saturated carbocycles. The second-order valence-electron chi connectivity index (χ2n) is 4.09. The van der Waals surface area contributed by atoms with E-state index < -0.39 is 5.41 Å². The van der Waals surface area contributed by atoms with Gasteiger partial charge in [-0.25, -0.2) is 4.98 Å². The van der Waals surface area contributed by atoms with Crippen LogP contribution in [0.5, 0.6) is 0 Å². The summed E-state index contributed by atoms with van der Waals surface area (Å²) in [6.45, 7) is 4.01. The summed E-state index contributed by atoms with van der Waals surface area (Å²) in [7, 11) is 0. The summed E-state index contributed by atoms with van der Waals surface area (Å²) in [6, 6.07) is 1.88. The Morgan fingerprint density at radius 2 is 2.19 bits per heavy atom. The Balaban J connectivity index is 2.72. The molecule has 0 radical (unpaired) electrons. The van der Waals surface area contributed by atoms with E-state index in [0.717, 1.165) is 8.95 Å². The van der Waals surface area contributed by atoms with Gasteiger partial charge in [-0.15, -0.1) is 0 Å². The van der Waals surface area contributed by atoms with Gasteiger partial charge in [0.25, 0.3) is 0 Å². The van der Waals surface area contributed by atoms with Crippen molar-refractivity contribution >= 4 is 43.6 Å². The molecule has 16 heavy (non-hydrogen) atoms. The SMILES string of the molecule is CC(C)(CNc1ncc(Br)cc1Br)C(N)=O. The minimum Gasteiger partial charge on any atom is -0.369 e. The molecule has 6 heteroatoms. The Morgan fingerprint density at radius 1 is 1.56 bits per heavy atom. The Bertz CT molecular complexity index is 407. The number of carbonyl (C=O) groups excluding carboxylic acids is 1. The van der Waals surface area contributed by atoms with E-state index in [1.54, 1.807) is 20.0 Å². The van der Waals surface area contributed by atoms with Crippen LogP contribution in [0.3, 0.4) is 0 Å². The van der Waals surface area contributed by atoms with Crippen molar-refractivity contribution in [1.29, 1.82) is 0 Å². The number of nitrogens with two attached hydrogens (primary N) is 1. The van der Waals surface area contributed by atoms with Crippen molar-refractivity contribution in [2.24, 2.45) is 11.1 Å². The lowest BCUT2D eigenvalue weighted by Gasteiger charge is -2.21. The van der Waals surface area contributed by atoms with Gasteiger partial charge < -0.3 is 11.1 Å². The van der Waals surface area contributed by atoms with E-state index in [-0.39, 0.29) is 5.91 Å². The normalized spacial score (nSPS) is 11.2. The van der Waals surface area contributed by atoms with Gasteiger partial charge in [-0.2, -0.15) is 0 Å². The molecule has 0 unspecified atom stereocenters. The van der Waals surface area contributed by atoms with Crippen LogP contribution in [0, 0.1) is 5.41 Å². The fourth-order valence-electron chi connectivity index (χ4n) is 0.936.